The van der Waals surface area contributed by atoms with Gasteiger partial charge >= 0.3 is 12.1 Å². The van der Waals surface area contributed by atoms with E-state index in [0.717, 1.165) is 10.8 Å². The summed E-state index contributed by atoms with van der Waals surface area (Å²) in [6.07, 6.45) is -2.94. The summed E-state index contributed by atoms with van der Waals surface area (Å²) in [4.78, 5) is 14.7. The number of nitrogens with two attached hydrogens (primary N) is 1. The van der Waals surface area contributed by atoms with Crippen molar-refractivity contribution < 1.29 is 27.8 Å². The van der Waals surface area contributed by atoms with Crippen LogP contribution in [0.5, 0.6) is 5.75 Å². The van der Waals surface area contributed by atoms with E-state index in [1.54, 1.807) is 48.5 Å². The number of rotatable bonds is 10. The number of para-hydroxylation sites is 1. The Morgan fingerprint density at radius 2 is 1.88 bits per heavy atom. The van der Waals surface area contributed by atoms with Gasteiger partial charge in [-0.1, -0.05) is 29.8 Å². The van der Waals surface area contributed by atoms with Gasteiger partial charge in [0.2, 0.25) is 0 Å². The molecule has 10 heteroatoms. The third kappa shape index (κ3) is 6.72. The number of benzene rings is 2. The number of alkyl halides is 3. The van der Waals surface area contributed by atoms with Crippen LogP contribution in [-0.2, 0) is 17.5 Å². The lowest BCUT2D eigenvalue weighted by Gasteiger charge is -2.17. The molecule has 1 atom stereocenters. The minimum Gasteiger partial charge on any atom is -0.493 e. The number of aromatic nitrogens is 2. The van der Waals surface area contributed by atoms with Crippen molar-refractivity contribution in [2.24, 2.45) is 5.73 Å². The highest BCUT2D eigenvalue weighted by Gasteiger charge is 2.36. The summed E-state index contributed by atoms with van der Waals surface area (Å²) in [5, 5.41) is 9.24. The van der Waals surface area contributed by atoms with E-state index in [2.05, 4.69) is 4.98 Å². The number of hydrogen-bond donors (Lipinski definition) is 2. The summed E-state index contributed by atoms with van der Waals surface area (Å²) < 4.78 is 48.0. The van der Waals surface area contributed by atoms with Crippen LogP contribution in [0.4, 0.5) is 13.2 Å². The second kappa shape index (κ2) is 10.7. The van der Waals surface area contributed by atoms with E-state index in [4.69, 9.17) is 27.2 Å². The number of ether oxygens (including phenoxy) is 1. The molecule has 1 heterocycles. The van der Waals surface area contributed by atoms with Gasteiger partial charge in [-0.25, -0.2) is 4.98 Å². The Balaban J connectivity index is 1.81. The zero-order valence-corrected chi connectivity index (χ0v) is 18.3. The fraction of sp³-hybridized carbons (Fsp3) is 0.304. The molecule has 3 N–H and O–H groups in total. The molecule has 2 aromatic carbocycles. The molecule has 3 aromatic rings. The number of carboxylic acid groups (broad SMARTS) is 1. The van der Waals surface area contributed by atoms with Crippen LogP contribution in [0.15, 0.2) is 54.7 Å². The van der Waals surface area contributed by atoms with Crippen molar-refractivity contribution in [2.75, 3.05) is 6.61 Å². The summed E-state index contributed by atoms with van der Waals surface area (Å²) in [5.74, 6) is -0.368. The van der Waals surface area contributed by atoms with Gasteiger partial charge in [-0.05, 0) is 43.2 Å². The summed E-state index contributed by atoms with van der Waals surface area (Å²) in [7, 11) is 0. The molecule has 0 saturated carbocycles. The Labute approximate surface area is 193 Å². The van der Waals surface area contributed by atoms with E-state index >= 15 is 0 Å². The fourth-order valence-electron chi connectivity index (χ4n) is 3.39. The Bertz CT molecular complexity index is 1080. The summed E-state index contributed by atoms with van der Waals surface area (Å²) >= 11 is 5.91. The van der Waals surface area contributed by atoms with Gasteiger partial charge in [0.05, 0.1) is 25.8 Å². The predicted octanol–water partition coefficient (Wildman–Crippen LogP) is 5.23. The molecule has 3 rings (SSSR count). The van der Waals surface area contributed by atoms with Crippen molar-refractivity contribution in [1.82, 2.24) is 9.55 Å². The van der Waals surface area contributed by atoms with Gasteiger partial charge in [0, 0.05) is 22.2 Å². The van der Waals surface area contributed by atoms with Gasteiger partial charge in [0.15, 0.2) is 0 Å². The van der Waals surface area contributed by atoms with Gasteiger partial charge < -0.3 is 20.1 Å². The second-order valence-electron chi connectivity index (χ2n) is 7.51. The molecule has 0 aliphatic rings. The standard InChI is InChI=1S/C23H23ClF3N3O3/c24-17-9-7-15(8-10-17)22-29-13-20(23(25,26)27)30(22)14-16-4-1-2-6-19(16)33-11-3-5-18(28)12-21(31)32/h1-2,4,6-10,13,18H,3,5,11-12,14,28H2,(H,31,32)/t18-/m1/s1. The molecule has 0 bridgehead atoms. The number of halogens is 4. The van der Waals surface area contributed by atoms with Crippen molar-refractivity contribution in [3.8, 4) is 17.1 Å². The molecule has 0 saturated heterocycles. The van der Waals surface area contributed by atoms with Crippen LogP contribution >= 0.6 is 11.6 Å². The molecular formula is C23H23ClF3N3O3. The maximum Gasteiger partial charge on any atom is 0.433 e. The lowest BCUT2D eigenvalue weighted by molar-refractivity contribution is -0.143. The zero-order valence-electron chi connectivity index (χ0n) is 17.6. The molecule has 176 valence electrons. The van der Waals surface area contributed by atoms with Crippen LogP contribution in [-0.4, -0.2) is 33.3 Å². The predicted molar refractivity (Wildman–Crippen MR) is 118 cm³/mol. The topological polar surface area (TPSA) is 90.4 Å². The number of carbonyl (C=O) groups is 1. The van der Waals surface area contributed by atoms with Crippen LogP contribution in [0.3, 0.4) is 0 Å². The largest absolute Gasteiger partial charge is 0.493 e. The van der Waals surface area contributed by atoms with Gasteiger partial charge in [0.25, 0.3) is 0 Å². The van der Waals surface area contributed by atoms with E-state index in [-0.39, 0.29) is 25.4 Å². The normalized spacial score (nSPS) is 12.5. The number of aliphatic carboxylic acids is 1. The van der Waals surface area contributed by atoms with Crippen LogP contribution in [0.2, 0.25) is 5.02 Å². The van der Waals surface area contributed by atoms with Crippen molar-refractivity contribution in [3.05, 3.63) is 71.0 Å². The van der Waals surface area contributed by atoms with E-state index < -0.39 is 23.9 Å². The molecule has 0 unspecified atom stereocenters. The van der Waals surface area contributed by atoms with Crippen LogP contribution < -0.4 is 10.5 Å². The van der Waals surface area contributed by atoms with Gasteiger partial charge in [-0.3, -0.25) is 4.79 Å². The highest BCUT2D eigenvalue weighted by atomic mass is 35.5. The summed E-state index contributed by atoms with van der Waals surface area (Å²) in [6, 6.07) is 12.8. The minimum atomic E-state index is -4.59. The average Bonchev–Trinajstić information content (AvgIpc) is 3.16. The quantitative estimate of drug-likeness (QED) is 0.387. The number of carboxylic acids is 1. The first kappa shape index (κ1) is 24.6. The first-order valence-corrected chi connectivity index (χ1v) is 10.6. The van der Waals surface area contributed by atoms with Crippen molar-refractivity contribution in [2.45, 2.75) is 38.0 Å². The van der Waals surface area contributed by atoms with Gasteiger partial charge in [-0.2, -0.15) is 13.2 Å². The first-order valence-electron chi connectivity index (χ1n) is 10.2. The zero-order chi connectivity index (χ0) is 24.0. The highest BCUT2D eigenvalue weighted by molar-refractivity contribution is 6.30. The number of imidazole rings is 1. The monoisotopic (exact) mass is 481 g/mol. The lowest BCUT2D eigenvalue weighted by Crippen LogP contribution is -2.24. The third-order valence-corrected chi connectivity index (χ3v) is 5.22. The van der Waals surface area contributed by atoms with Crippen molar-refractivity contribution in [3.63, 3.8) is 0 Å². The molecule has 0 aliphatic heterocycles. The van der Waals surface area contributed by atoms with Crippen LogP contribution in [0.1, 0.15) is 30.5 Å². The molecule has 0 radical (unpaired) electrons. The Hall–Kier alpha value is -3.04. The second-order valence-corrected chi connectivity index (χ2v) is 7.95. The molecule has 1 aromatic heterocycles. The smallest absolute Gasteiger partial charge is 0.433 e. The average molecular weight is 482 g/mol. The minimum absolute atomic E-state index is 0.110. The summed E-state index contributed by atoms with van der Waals surface area (Å²) in [6.45, 7) is 0.145. The van der Waals surface area contributed by atoms with E-state index in [9.17, 15) is 18.0 Å². The fourth-order valence-corrected chi connectivity index (χ4v) is 3.52. The third-order valence-electron chi connectivity index (χ3n) is 4.96. The number of nitrogens with zero attached hydrogens (tertiary/aromatic N) is 2. The molecule has 6 nitrogen and oxygen atoms in total. The van der Waals surface area contributed by atoms with Crippen molar-refractivity contribution in [1.29, 1.82) is 0 Å². The van der Waals surface area contributed by atoms with E-state index in [1.165, 1.54) is 0 Å². The molecule has 0 spiro atoms. The van der Waals surface area contributed by atoms with E-state index in [0.29, 0.717) is 34.7 Å². The summed E-state index contributed by atoms with van der Waals surface area (Å²) in [5.41, 5.74) is 5.93. The van der Waals surface area contributed by atoms with Crippen molar-refractivity contribution >= 4 is 17.6 Å². The SMILES string of the molecule is N[C@H](CCCOc1ccccc1Cn1c(C(F)(F)F)cnc1-c1ccc(Cl)cc1)CC(=O)O. The molecule has 0 aliphatic carbocycles. The van der Waals surface area contributed by atoms with Gasteiger partial charge in [-0.15, -0.1) is 0 Å². The Morgan fingerprint density at radius 1 is 1.18 bits per heavy atom. The molecule has 0 amide bonds. The lowest BCUT2D eigenvalue weighted by atomic mass is 10.1. The maximum absolute atomic E-state index is 13.7. The van der Waals surface area contributed by atoms with Crippen LogP contribution in [0.25, 0.3) is 11.4 Å². The first-order chi connectivity index (χ1) is 15.6. The van der Waals surface area contributed by atoms with Crippen LogP contribution in [0, 0.1) is 0 Å². The van der Waals surface area contributed by atoms with Gasteiger partial charge in [0.1, 0.15) is 17.3 Å². The molecule has 33 heavy (non-hydrogen) atoms. The Morgan fingerprint density at radius 3 is 2.55 bits per heavy atom. The Kier molecular flexibility index (Phi) is 7.99. The molecular weight excluding hydrogens is 459 g/mol. The molecule has 0 fully saturated rings. The maximum atomic E-state index is 13.7. The van der Waals surface area contributed by atoms with E-state index in [1.807, 2.05) is 0 Å². The highest BCUT2D eigenvalue weighted by Crippen LogP contribution is 2.34. The number of hydrogen-bond acceptors (Lipinski definition) is 4.